The highest BCUT2D eigenvalue weighted by atomic mass is 16.5. The van der Waals surface area contributed by atoms with Crippen LogP contribution in [0.5, 0.6) is 0 Å². The highest BCUT2D eigenvalue weighted by Crippen LogP contribution is 2.23. The van der Waals surface area contributed by atoms with Gasteiger partial charge in [-0.25, -0.2) is 4.98 Å². The SMILES string of the molecule is COCc1ccccc1C(O)c1nccn1C. The van der Waals surface area contributed by atoms with Crippen molar-refractivity contribution in [1.82, 2.24) is 9.55 Å². The zero-order chi connectivity index (χ0) is 12.3. The summed E-state index contributed by atoms with van der Waals surface area (Å²) in [5, 5.41) is 10.3. The lowest BCUT2D eigenvalue weighted by Gasteiger charge is -2.15. The molecule has 0 saturated heterocycles. The summed E-state index contributed by atoms with van der Waals surface area (Å²) >= 11 is 0. The summed E-state index contributed by atoms with van der Waals surface area (Å²) < 4.78 is 6.94. The number of ether oxygens (including phenoxy) is 1. The molecular formula is C13H16N2O2. The number of aliphatic hydroxyl groups excluding tert-OH is 1. The second kappa shape index (κ2) is 5.12. The third-order valence-corrected chi connectivity index (χ3v) is 2.75. The molecule has 0 aliphatic rings. The van der Waals surface area contributed by atoms with Crippen LogP contribution in [-0.2, 0) is 18.4 Å². The summed E-state index contributed by atoms with van der Waals surface area (Å²) in [6, 6.07) is 7.68. The number of aromatic nitrogens is 2. The lowest BCUT2D eigenvalue weighted by atomic mass is 10.0. The third kappa shape index (κ3) is 2.38. The van der Waals surface area contributed by atoms with E-state index in [1.807, 2.05) is 42.1 Å². The van der Waals surface area contributed by atoms with Crippen molar-refractivity contribution in [3.05, 3.63) is 53.6 Å². The zero-order valence-corrected chi connectivity index (χ0v) is 10.00. The molecule has 1 unspecified atom stereocenters. The van der Waals surface area contributed by atoms with E-state index >= 15 is 0 Å². The molecule has 0 saturated carbocycles. The Balaban J connectivity index is 2.37. The average Bonchev–Trinajstić information content (AvgIpc) is 2.76. The van der Waals surface area contributed by atoms with E-state index in [4.69, 9.17) is 4.74 Å². The van der Waals surface area contributed by atoms with Crippen LogP contribution in [0, 0.1) is 0 Å². The van der Waals surface area contributed by atoms with Gasteiger partial charge in [0, 0.05) is 26.6 Å². The molecule has 4 heteroatoms. The average molecular weight is 232 g/mol. The summed E-state index contributed by atoms with van der Waals surface area (Å²) in [5.41, 5.74) is 1.81. The smallest absolute Gasteiger partial charge is 0.142 e. The molecule has 0 aliphatic carbocycles. The first kappa shape index (κ1) is 11.8. The fourth-order valence-electron chi connectivity index (χ4n) is 1.87. The Morgan fingerprint density at radius 2 is 2.18 bits per heavy atom. The van der Waals surface area contributed by atoms with Crippen LogP contribution in [0.25, 0.3) is 0 Å². The molecule has 2 aromatic rings. The number of aliphatic hydroxyl groups is 1. The maximum absolute atomic E-state index is 10.3. The van der Waals surface area contributed by atoms with Gasteiger partial charge in [-0.2, -0.15) is 0 Å². The maximum atomic E-state index is 10.3. The number of rotatable bonds is 4. The summed E-state index contributed by atoms with van der Waals surface area (Å²) in [6.45, 7) is 0.484. The summed E-state index contributed by atoms with van der Waals surface area (Å²) in [4.78, 5) is 4.17. The Labute approximate surface area is 100 Å². The van der Waals surface area contributed by atoms with Gasteiger partial charge in [-0.05, 0) is 11.1 Å². The van der Waals surface area contributed by atoms with Crippen LogP contribution >= 0.6 is 0 Å². The standard InChI is InChI=1S/C13H16N2O2/c1-15-8-7-14-13(15)12(16)11-6-4-3-5-10(11)9-17-2/h3-8,12,16H,9H2,1-2H3. The molecule has 1 aromatic carbocycles. The predicted molar refractivity (Wildman–Crippen MR) is 64.4 cm³/mol. The fraction of sp³-hybridized carbons (Fsp3) is 0.308. The number of nitrogens with zero attached hydrogens (tertiary/aromatic N) is 2. The Hall–Kier alpha value is -1.65. The summed E-state index contributed by atoms with van der Waals surface area (Å²) in [7, 11) is 3.51. The predicted octanol–water partition coefficient (Wildman–Crippen LogP) is 1.65. The van der Waals surface area contributed by atoms with Crippen molar-refractivity contribution in [2.75, 3.05) is 7.11 Å². The van der Waals surface area contributed by atoms with Gasteiger partial charge in [0.2, 0.25) is 0 Å². The summed E-state index contributed by atoms with van der Waals surface area (Å²) in [6.07, 6.45) is 2.77. The zero-order valence-electron chi connectivity index (χ0n) is 10.00. The molecule has 0 aliphatic heterocycles. The Bertz CT molecular complexity index is 494. The molecule has 0 bridgehead atoms. The van der Waals surface area contributed by atoms with Crippen molar-refractivity contribution in [3.8, 4) is 0 Å². The topological polar surface area (TPSA) is 47.3 Å². The highest BCUT2D eigenvalue weighted by molar-refractivity contribution is 5.32. The van der Waals surface area contributed by atoms with Crippen molar-refractivity contribution >= 4 is 0 Å². The first-order valence-electron chi connectivity index (χ1n) is 5.46. The van der Waals surface area contributed by atoms with Crippen LogP contribution < -0.4 is 0 Å². The van der Waals surface area contributed by atoms with E-state index in [0.717, 1.165) is 11.1 Å². The molecule has 0 fully saturated rings. The lowest BCUT2D eigenvalue weighted by Crippen LogP contribution is -2.09. The first-order valence-corrected chi connectivity index (χ1v) is 5.46. The van der Waals surface area contributed by atoms with E-state index in [1.54, 1.807) is 13.3 Å². The molecule has 1 atom stereocenters. The van der Waals surface area contributed by atoms with Crippen molar-refractivity contribution < 1.29 is 9.84 Å². The van der Waals surface area contributed by atoms with Crippen LogP contribution in [0.2, 0.25) is 0 Å². The van der Waals surface area contributed by atoms with Gasteiger partial charge in [0.15, 0.2) is 0 Å². The molecule has 0 amide bonds. The van der Waals surface area contributed by atoms with E-state index in [-0.39, 0.29) is 0 Å². The second-order valence-electron chi connectivity index (χ2n) is 3.93. The number of hydrogen-bond acceptors (Lipinski definition) is 3. The van der Waals surface area contributed by atoms with Gasteiger partial charge in [-0.3, -0.25) is 0 Å². The summed E-state index contributed by atoms with van der Waals surface area (Å²) in [5.74, 6) is 0.633. The van der Waals surface area contributed by atoms with E-state index in [2.05, 4.69) is 4.98 Å². The third-order valence-electron chi connectivity index (χ3n) is 2.75. The lowest BCUT2D eigenvalue weighted by molar-refractivity contribution is 0.173. The van der Waals surface area contributed by atoms with Crippen LogP contribution in [0.15, 0.2) is 36.7 Å². The van der Waals surface area contributed by atoms with Crippen LogP contribution in [-0.4, -0.2) is 21.8 Å². The van der Waals surface area contributed by atoms with Gasteiger partial charge in [-0.1, -0.05) is 24.3 Å². The Kier molecular flexibility index (Phi) is 3.56. The van der Waals surface area contributed by atoms with Crippen LogP contribution in [0.3, 0.4) is 0 Å². The van der Waals surface area contributed by atoms with Gasteiger partial charge in [-0.15, -0.1) is 0 Å². The van der Waals surface area contributed by atoms with Gasteiger partial charge in [0.1, 0.15) is 11.9 Å². The second-order valence-corrected chi connectivity index (χ2v) is 3.93. The number of aryl methyl sites for hydroxylation is 1. The molecule has 90 valence electrons. The maximum Gasteiger partial charge on any atom is 0.142 e. The van der Waals surface area contributed by atoms with Crippen molar-refractivity contribution in [2.45, 2.75) is 12.7 Å². The van der Waals surface area contributed by atoms with E-state index in [1.165, 1.54) is 0 Å². The van der Waals surface area contributed by atoms with Gasteiger partial charge >= 0.3 is 0 Å². The number of imidazole rings is 1. The van der Waals surface area contributed by atoms with Gasteiger partial charge in [0.05, 0.1) is 6.61 Å². The number of methoxy groups -OCH3 is 1. The van der Waals surface area contributed by atoms with Crippen LogP contribution in [0.1, 0.15) is 23.1 Å². The van der Waals surface area contributed by atoms with E-state index in [0.29, 0.717) is 12.4 Å². The number of hydrogen-bond donors (Lipinski definition) is 1. The van der Waals surface area contributed by atoms with Crippen molar-refractivity contribution in [3.63, 3.8) is 0 Å². The molecule has 4 nitrogen and oxygen atoms in total. The fourth-order valence-corrected chi connectivity index (χ4v) is 1.87. The van der Waals surface area contributed by atoms with Crippen molar-refractivity contribution in [1.29, 1.82) is 0 Å². The molecule has 0 radical (unpaired) electrons. The molecule has 0 spiro atoms. The largest absolute Gasteiger partial charge is 0.380 e. The molecule has 17 heavy (non-hydrogen) atoms. The van der Waals surface area contributed by atoms with Gasteiger partial charge < -0.3 is 14.4 Å². The monoisotopic (exact) mass is 232 g/mol. The van der Waals surface area contributed by atoms with Crippen molar-refractivity contribution in [2.24, 2.45) is 7.05 Å². The minimum Gasteiger partial charge on any atom is -0.380 e. The van der Waals surface area contributed by atoms with E-state index in [9.17, 15) is 5.11 Å². The number of benzene rings is 1. The molecule has 1 heterocycles. The molecular weight excluding hydrogens is 216 g/mol. The minimum absolute atomic E-state index is 0.484. The molecule has 1 aromatic heterocycles. The highest BCUT2D eigenvalue weighted by Gasteiger charge is 2.17. The van der Waals surface area contributed by atoms with Crippen LogP contribution in [0.4, 0.5) is 0 Å². The first-order chi connectivity index (χ1) is 8.24. The molecule has 1 N–H and O–H groups in total. The van der Waals surface area contributed by atoms with Gasteiger partial charge in [0.25, 0.3) is 0 Å². The van der Waals surface area contributed by atoms with E-state index < -0.39 is 6.10 Å². The Morgan fingerprint density at radius 1 is 1.41 bits per heavy atom. The normalized spacial score (nSPS) is 12.6. The quantitative estimate of drug-likeness (QED) is 0.872. The minimum atomic E-state index is -0.721. The Morgan fingerprint density at radius 3 is 2.82 bits per heavy atom. The molecule has 2 rings (SSSR count).